The summed E-state index contributed by atoms with van der Waals surface area (Å²) < 4.78 is 1.98. The van der Waals surface area contributed by atoms with E-state index in [2.05, 4.69) is 23.8 Å². The number of nitrogens with zero attached hydrogens (tertiary/aromatic N) is 3. The van der Waals surface area contributed by atoms with E-state index in [4.69, 9.17) is 17.5 Å². The van der Waals surface area contributed by atoms with Gasteiger partial charge in [-0.3, -0.25) is 0 Å². The van der Waals surface area contributed by atoms with Crippen LogP contribution in [0.1, 0.15) is 17.0 Å². The molecule has 0 N–H and O–H groups in total. The summed E-state index contributed by atoms with van der Waals surface area (Å²) in [7, 11) is 0. The lowest BCUT2D eigenvalue weighted by Gasteiger charge is -1.98. The van der Waals surface area contributed by atoms with Crippen LogP contribution in [0.3, 0.4) is 0 Å². The standard InChI is InChI=1S/C8H9N3S2/c1-5-7(3-4-9)6(2)11(10-5)8(12)13/h3H2,1-2H3,(H,12,13). The van der Waals surface area contributed by atoms with Crippen molar-refractivity contribution in [2.75, 3.05) is 0 Å². The minimum Gasteiger partial charge on any atom is -0.220 e. The zero-order chi connectivity index (χ0) is 10.0. The number of thiol groups is 1. The van der Waals surface area contributed by atoms with Gasteiger partial charge >= 0.3 is 0 Å². The Labute approximate surface area is 87.8 Å². The van der Waals surface area contributed by atoms with Gasteiger partial charge in [-0.15, -0.1) is 12.6 Å². The van der Waals surface area contributed by atoms with Gasteiger partial charge in [-0.05, 0) is 13.8 Å². The van der Waals surface area contributed by atoms with Crippen LogP contribution in [0.25, 0.3) is 0 Å². The summed E-state index contributed by atoms with van der Waals surface area (Å²) >= 11 is 8.92. The highest BCUT2D eigenvalue weighted by Gasteiger charge is 2.11. The molecule has 1 aromatic rings. The zero-order valence-corrected chi connectivity index (χ0v) is 9.12. The number of aromatic nitrogens is 2. The fraction of sp³-hybridized carbons (Fsp3) is 0.375. The number of hydrogen-bond donors (Lipinski definition) is 1. The highest BCUT2D eigenvalue weighted by atomic mass is 32.1. The Balaban J connectivity index is 3.24. The van der Waals surface area contributed by atoms with Crippen LogP contribution in [-0.4, -0.2) is 14.1 Å². The summed E-state index contributed by atoms with van der Waals surface area (Å²) in [5.41, 5.74) is 2.69. The van der Waals surface area contributed by atoms with E-state index in [1.54, 1.807) is 4.68 Å². The van der Waals surface area contributed by atoms with Crippen molar-refractivity contribution < 1.29 is 0 Å². The smallest absolute Gasteiger partial charge is 0.158 e. The minimum absolute atomic E-state index is 0.369. The average molecular weight is 211 g/mol. The molecule has 0 amide bonds. The van der Waals surface area contributed by atoms with Crippen molar-refractivity contribution in [2.24, 2.45) is 0 Å². The molecule has 0 saturated heterocycles. The molecule has 0 fully saturated rings. The molecule has 1 heterocycles. The second-order valence-corrected chi connectivity index (χ2v) is 3.79. The van der Waals surface area contributed by atoms with Crippen LogP contribution in [0.15, 0.2) is 0 Å². The van der Waals surface area contributed by atoms with Gasteiger partial charge in [-0.2, -0.15) is 10.4 Å². The quantitative estimate of drug-likeness (QED) is 0.567. The predicted octanol–water partition coefficient (Wildman–Crippen LogP) is 1.63. The van der Waals surface area contributed by atoms with Crippen molar-refractivity contribution in [2.45, 2.75) is 20.3 Å². The molecule has 3 nitrogen and oxygen atoms in total. The first kappa shape index (κ1) is 10.2. The molecule has 0 unspecified atom stereocenters. The fourth-order valence-electron chi connectivity index (χ4n) is 1.20. The number of hydrogen-bond acceptors (Lipinski definition) is 3. The van der Waals surface area contributed by atoms with Crippen LogP contribution in [0.5, 0.6) is 0 Å². The maximum Gasteiger partial charge on any atom is 0.158 e. The summed E-state index contributed by atoms with van der Waals surface area (Å²) in [5.74, 6) is 0. The first-order valence-electron chi connectivity index (χ1n) is 3.73. The Kier molecular flexibility index (Phi) is 3.07. The van der Waals surface area contributed by atoms with Crippen LogP contribution in [0.2, 0.25) is 0 Å². The number of thiocarbonyl (C=S) groups is 1. The fourth-order valence-corrected chi connectivity index (χ4v) is 1.57. The van der Waals surface area contributed by atoms with Crippen molar-refractivity contribution >= 4 is 29.2 Å². The molecule has 0 spiro atoms. The lowest BCUT2D eigenvalue weighted by atomic mass is 10.1. The summed E-state index contributed by atoms with van der Waals surface area (Å²) in [6.07, 6.45) is 0.369. The molecular weight excluding hydrogens is 202 g/mol. The van der Waals surface area contributed by atoms with E-state index in [0.717, 1.165) is 17.0 Å². The molecule has 5 heteroatoms. The molecule has 0 saturated carbocycles. The van der Waals surface area contributed by atoms with Crippen LogP contribution in [0.4, 0.5) is 0 Å². The number of rotatable bonds is 1. The van der Waals surface area contributed by atoms with E-state index in [1.165, 1.54) is 0 Å². The third-order valence-corrected chi connectivity index (χ3v) is 2.24. The predicted molar refractivity (Wildman–Crippen MR) is 58.0 cm³/mol. The maximum atomic E-state index is 8.58. The Morgan fingerprint density at radius 1 is 1.69 bits per heavy atom. The van der Waals surface area contributed by atoms with E-state index in [-0.39, 0.29) is 0 Å². The molecule has 0 aliphatic rings. The number of nitriles is 1. The van der Waals surface area contributed by atoms with Gasteiger partial charge in [0.1, 0.15) is 0 Å². The second-order valence-electron chi connectivity index (χ2n) is 2.68. The third kappa shape index (κ3) is 1.90. The van der Waals surface area contributed by atoms with Crippen molar-refractivity contribution in [1.82, 2.24) is 9.78 Å². The van der Waals surface area contributed by atoms with Gasteiger partial charge in [0.25, 0.3) is 0 Å². The average Bonchev–Trinajstić information content (AvgIpc) is 2.32. The summed E-state index contributed by atoms with van der Waals surface area (Å²) in [5, 5.41) is 12.8. The lowest BCUT2D eigenvalue weighted by molar-refractivity contribution is 0.906. The first-order valence-corrected chi connectivity index (χ1v) is 4.58. The Hall–Kier alpha value is -0.860. The van der Waals surface area contributed by atoms with E-state index in [9.17, 15) is 0 Å². The topological polar surface area (TPSA) is 41.6 Å². The second kappa shape index (κ2) is 3.90. The summed E-state index contributed by atoms with van der Waals surface area (Å²) in [6.45, 7) is 3.75. The van der Waals surface area contributed by atoms with Crippen LogP contribution in [0, 0.1) is 25.2 Å². The highest BCUT2D eigenvalue weighted by Crippen LogP contribution is 2.13. The van der Waals surface area contributed by atoms with Crippen molar-refractivity contribution in [3.63, 3.8) is 0 Å². The third-order valence-electron chi connectivity index (χ3n) is 1.88. The summed E-state index contributed by atoms with van der Waals surface area (Å²) in [6, 6.07) is 2.10. The van der Waals surface area contributed by atoms with E-state index < -0.39 is 0 Å². The van der Waals surface area contributed by atoms with Gasteiger partial charge in [-0.25, -0.2) is 4.68 Å². The first-order chi connectivity index (χ1) is 6.07. The monoisotopic (exact) mass is 211 g/mol. The maximum absolute atomic E-state index is 8.58. The number of aryl methyl sites for hydroxylation is 1. The van der Waals surface area contributed by atoms with Crippen molar-refractivity contribution in [3.05, 3.63) is 17.0 Å². The van der Waals surface area contributed by atoms with E-state index >= 15 is 0 Å². The molecule has 0 aliphatic carbocycles. The van der Waals surface area contributed by atoms with Gasteiger partial charge in [0.2, 0.25) is 0 Å². The molecule has 1 rings (SSSR count). The van der Waals surface area contributed by atoms with E-state index in [0.29, 0.717) is 10.7 Å². The van der Waals surface area contributed by atoms with Crippen LogP contribution < -0.4 is 0 Å². The molecule has 0 radical (unpaired) electrons. The van der Waals surface area contributed by atoms with Gasteiger partial charge in [0.05, 0.1) is 18.2 Å². The molecule has 0 atom stereocenters. The molecule has 0 aromatic carbocycles. The van der Waals surface area contributed by atoms with Crippen LogP contribution in [-0.2, 0) is 6.42 Å². The molecule has 1 aromatic heterocycles. The largest absolute Gasteiger partial charge is 0.220 e. The molecule has 68 valence electrons. The molecular formula is C8H9N3S2. The van der Waals surface area contributed by atoms with Gasteiger partial charge in [0.15, 0.2) is 4.32 Å². The molecule has 0 aliphatic heterocycles. The van der Waals surface area contributed by atoms with Crippen molar-refractivity contribution in [3.8, 4) is 6.07 Å². The minimum atomic E-state index is 0.369. The van der Waals surface area contributed by atoms with Crippen molar-refractivity contribution in [1.29, 1.82) is 5.26 Å². The van der Waals surface area contributed by atoms with Crippen LogP contribution >= 0.6 is 24.8 Å². The van der Waals surface area contributed by atoms with Gasteiger partial charge in [-0.1, -0.05) is 12.2 Å². The van der Waals surface area contributed by atoms with E-state index in [1.807, 2.05) is 13.8 Å². The Morgan fingerprint density at radius 3 is 2.69 bits per heavy atom. The molecule has 13 heavy (non-hydrogen) atoms. The Bertz CT molecular complexity index is 387. The zero-order valence-electron chi connectivity index (χ0n) is 7.40. The lowest BCUT2D eigenvalue weighted by Crippen LogP contribution is -2.06. The Morgan fingerprint density at radius 2 is 2.31 bits per heavy atom. The van der Waals surface area contributed by atoms with Gasteiger partial charge in [0, 0.05) is 11.3 Å². The normalized spacial score (nSPS) is 9.69. The highest BCUT2D eigenvalue weighted by molar-refractivity contribution is 8.11. The summed E-state index contributed by atoms with van der Waals surface area (Å²) in [4.78, 5) is 0. The SMILES string of the molecule is Cc1nn(C(=S)S)c(C)c1CC#N. The molecule has 0 bridgehead atoms. The van der Waals surface area contributed by atoms with Gasteiger partial charge < -0.3 is 0 Å².